The molecule has 0 bridgehead atoms. The fourth-order valence-electron chi connectivity index (χ4n) is 6.64. The predicted octanol–water partition coefficient (Wildman–Crippen LogP) is 5.56. The molecular formula is C32H32ClFN6O2S. The number of hydrogen-bond donors (Lipinski definition) is 0. The minimum atomic E-state index is -2.91. The summed E-state index contributed by atoms with van der Waals surface area (Å²) >= 11 is 6.33. The van der Waals surface area contributed by atoms with Gasteiger partial charge in [-0.2, -0.15) is 10.2 Å². The van der Waals surface area contributed by atoms with Gasteiger partial charge in [-0.3, -0.25) is 14.5 Å². The van der Waals surface area contributed by atoms with Crippen molar-refractivity contribution in [2.75, 3.05) is 6.54 Å². The molecule has 7 rings (SSSR count). The molecule has 2 fully saturated rings. The molecule has 1 unspecified atom stereocenters. The van der Waals surface area contributed by atoms with Crippen LogP contribution in [-0.2, 0) is 23.2 Å². The second-order valence-corrected chi connectivity index (χ2v) is 14.6. The largest absolute Gasteiger partial charge is 0.291 e. The van der Waals surface area contributed by atoms with E-state index in [-0.39, 0.29) is 17.6 Å². The van der Waals surface area contributed by atoms with Gasteiger partial charge >= 0.3 is 0 Å². The maximum atomic E-state index is 14.6. The van der Waals surface area contributed by atoms with Gasteiger partial charge in [0.1, 0.15) is 11.5 Å². The normalized spacial score (nSPS) is 22.9. The number of Topliss-reactive ketones (excluding diaryl/α,β-unsaturated/α-hetero) is 1. The fraction of sp³-hybridized carbons (Fsp3) is 0.344. The van der Waals surface area contributed by atoms with Crippen molar-refractivity contribution >= 4 is 39.0 Å². The van der Waals surface area contributed by atoms with Crippen molar-refractivity contribution in [3.05, 3.63) is 94.4 Å². The topological polar surface area (TPSA) is 85.9 Å². The standard InChI is InChI=1S/C32H32ClFN6O2S/c1-38-14-12-30(37-38)43(2,42)39(20-21-3-4-21)27-8-5-23-15-29-22(19-36-40(29)26-9-6-25(34)7-10-26)17-32(23,18-27)31(41)28-16-24(33)11-13-35-28/h6-7,9-16,19,21,27H,2-5,8,17-18,20H2,1H3/t27-,32-,43?/m0/s1. The number of pyridine rings is 1. The molecule has 3 aliphatic carbocycles. The van der Waals surface area contributed by atoms with Gasteiger partial charge in [-0.15, -0.1) is 0 Å². The average molecular weight is 619 g/mol. The number of aromatic nitrogens is 5. The number of rotatable bonds is 8. The van der Waals surface area contributed by atoms with E-state index in [0.29, 0.717) is 47.5 Å². The molecule has 0 spiro atoms. The van der Waals surface area contributed by atoms with Crippen LogP contribution < -0.4 is 0 Å². The lowest BCUT2D eigenvalue weighted by Gasteiger charge is -2.47. The summed E-state index contributed by atoms with van der Waals surface area (Å²) in [4.78, 5) is 19.0. The van der Waals surface area contributed by atoms with Gasteiger partial charge in [0.25, 0.3) is 0 Å². The highest BCUT2D eigenvalue weighted by atomic mass is 35.5. The lowest BCUT2D eigenvalue weighted by Crippen LogP contribution is -2.51. The van der Waals surface area contributed by atoms with Crippen molar-refractivity contribution in [2.45, 2.75) is 49.6 Å². The Labute approximate surface area is 255 Å². The molecule has 222 valence electrons. The number of benzene rings is 1. The van der Waals surface area contributed by atoms with E-state index in [1.165, 1.54) is 12.1 Å². The molecule has 11 heteroatoms. The van der Waals surface area contributed by atoms with Crippen molar-refractivity contribution in [3.8, 4) is 5.69 Å². The number of aryl methyl sites for hydroxylation is 1. The Morgan fingerprint density at radius 2 is 2.00 bits per heavy atom. The summed E-state index contributed by atoms with van der Waals surface area (Å²) in [6.45, 7) is 0.649. The Hall–Kier alpha value is -3.60. The highest BCUT2D eigenvalue weighted by Gasteiger charge is 2.51. The van der Waals surface area contributed by atoms with Crippen LogP contribution in [0.25, 0.3) is 11.8 Å². The van der Waals surface area contributed by atoms with Crippen molar-refractivity contribution in [3.63, 3.8) is 0 Å². The van der Waals surface area contributed by atoms with Crippen LogP contribution >= 0.6 is 11.6 Å². The molecule has 0 aliphatic heterocycles. The summed E-state index contributed by atoms with van der Waals surface area (Å²) in [5.41, 5.74) is 2.91. The monoisotopic (exact) mass is 618 g/mol. The van der Waals surface area contributed by atoms with E-state index < -0.39 is 15.1 Å². The van der Waals surface area contributed by atoms with Crippen molar-refractivity contribution < 1.29 is 13.4 Å². The van der Waals surface area contributed by atoms with Crippen LogP contribution in [0.15, 0.2) is 71.7 Å². The lowest BCUT2D eigenvalue weighted by atomic mass is 9.60. The molecule has 0 amide bonds. The van der Waals surface area contributed by atoms with E-state index in [1.54, 1.807) is 65.3 Å². The van der Waals surface area contributed by atoms with Gasteiger partial charge in [-0.25, -0.2) is 17.6 Å². The maximum absolute atomic E-state index is 14.6. The molecule has 4 aromatic rings. The lowest BCUT2D eigenvalue weighted by molar-refractivity contribution is 0.0738. The third-order valence-electron chi connectivity index (χ3n) is 9.03. The Balaban J connectivity index is 1.32. The number of allylic oxidation sites excluding steroid dienone is 1. The van der Waals surface area contributed by atoms with Crippen LogP contribution in [-0.4, -0.2) is 57.3 Å². The average Bonchev–Trinajstić information content (AvgIpc) is 3.57. The Bertz CT molecular complexity index is 1860. The van der Waals surface area contributed by atoms with Gasteiger partial charge in [0.2, 0.25) is 0 Å². The molecule has 0 N–H and O–H groups in total. The highest BCUT2D eigenvalue weighted by molar-refractivity contribution is 7.98. The highest BCUT2D eigenvalue weighted by Crippen LogP contribution is 2.52. The van der Waals surface area contributed by atoms with Crippen LogP contribution in [0.5, 0.6) is 0 Å². The quantitative estimate of drug-likeness (QED) is 0.191. The molecule has 3 aliphatic rings. The van der Waals surface area contributed by atoms with Crippen molar-refractivity contribution in [1.29, 1.82) is 0 Å². The molecule has 1 aromatic carbocycles. The van der Waals surface area contributed by atoms with Gasteiger partial charge in [0, 0.05) is 37.1 Å². The zero-order valence-electron chi connectivity index (χ0n) is 23.8. The van der Waals surface area contributed by atoms with Gasteiger partial charge in [0.15, 0.2) is 10.8 Å². The van der Waals surface area contributed by atoms with E-state index in [9.17, 15) is 13.4 Å². The first-order valence-corrected chi connectivity index (χ1v) is 16.5. The first kappa shape index (κ1) is 28.2. The summed E-state index contributed by atoms with van der Waals surface area (Å²) in [6, 6.07) is 11.1. The summed E-state index contributed by atoms with van der Waals surface area (Å²) in [7, 11) is -1.10. The van der Waals surface area contributed by atoms with E-state index in [2.05, 4.69) is 27.1 Å². The molecular weight excluding hydrogens is 587 g/mol. The number of ketones is 1. The number of hydrogen-bond acceptors (Lipinski definition) is 5. The molecule has 8 nitrogen and oxygen atoms in total. The zero-order chi connectivity index (χ0) is 29.9. The number of carbonyl (C=O) groups is 1. The zero-order valence-corrected chi connectivity index (χ0v) is 25.4. The number of halogens is 2. The second kappa shape index (κ2) is 10.5. The third-order valence-corrected chi connectivity index (χ3v) is 11.3. The van der Waals surface area contributed by atoms with E-state index in [0.717, 1.165) is 41.8 Å². The second-order valence-electron chi connectivity index (χ2n) is 12.0. The van der Waals surface area contributed by atoms with Crippen LogP contribution in [0.2, 0.25) is 5.02 Å². The number of carbonyl (C=O) groups excluding carboxylic acids is 1. The first-order chi connectivity index (χ1) is 20.6. The molecule has 3 aromatic heterocycles. The summed E-state index contributed by atoms with van der Waals surface area (Å²) in [6.07, 6.45) is 11.6. The van der Waals surface area contributed by atoms with E-state index in [1.807, 2.05) is 4.31 Å². The van der Waals surface area contributed by atoms with Gasteiger partial charge < -0.3 is 0 Å². The molecule has 3 atom stereocenters. The Kier molecular flexibility index (Phi) is 6.91. The van der Waals surface area contributed by atoms with Crippen LogP contribution in [0, 0.1) is 17.2 Å². The van der Waals surface area contributed by atoms with Gasteiger partial charge in [-0.05, 0) is 104 Å². The SMILES string of the molecule is C=S(=O)(c1ccn(C)n1)N(CC1CC1)[C@H]1CCC2=Cc3c(cnn3-c3ccc(F)cc3)C[C@]2(C(=O)c2cc(Cl)ccn2)C1. The Morgan fingerprint density at radius 3 is 2.70 bits per heavy atom. The van der Waals surface area contributed by atoms with Gasteiger partial charge in [-0.1, -0.05) is 17.2 Å². The van der Waals surface area contributed by atoms with Gasteiger partial charge in [0.05, 0.1) is 32.7 Å². The van der Waals surface area contributed by atoms with Crippen molar-refractivity contribution in [2.24, 2.45) is 18.4 Å². The smallest absolute Gasteiger partial charge is 0.191 e. The van der Waals surface area contributed by atoms with Crippen LogP contribution in [0.4, 0.5) is 4.39 Å². The molecule has 0 saturated heterocycles. The molecule has 3 heterocycles. The van der Waals surface area contributed by atoms with E-state index >= 15 is 0 Å². The maximum Gasteiger partial charge on any atom is 0.191 e. The summed E-state index contributed by atoms with van der Waals surface area (Å²) in [5.74, 6) is 4.27. The van der Waals surface area contributed by atoms with E-state index in [4.69, 9.17) is 11.6 Å². The minimum Gasteiger partial charge on any atom is -0.291 e. The van der Waals surface area contributed by atoms with Crippen LogP contribution in [0.3, 0.4) is 0 Å². The first-order valence-electron chi connectivity index (χ1n) is 14.5. The number of fused-ring (bicyclic) bond motifs is 2. The number of nitrogens with zero attached hydrogens (tertiary/aromatic N) is 6. The Morgan fingerprint density at radius 1 is 1.21 bits per heavy atom. The minimum absolute atomic E-state index is 0.106. The summed E-state index contributed by atoms with van der Waals surface area (Å²) in [5, 5.41) is 10.0. The molecule has 2 saturated carbocycles. The fourth-order valence-corrected chi connectivity index (χ4v) is 8.68. The third kappa shape index (κ3) is 5.05. The van der Waals surface area contributed by atoms with Crippen LogP contribution in [0.1, 0.15) is 53.8 Å². The summed E-state index contributed by atoms with van der Waals surface area (Å²) < 4.78 is 33.6. The predicted molar refractivity (Wildman–Crippen MR) is 165 cm³/mol. The molecule has 43 heavy (non-hydrogen) atoms. The van der Waals surface area contributed by atoms with Crippen molar-refractivity contribution in [1.82, 2.24) is 28.9 Å². The molecule has 0 radical (unpaired) electrons.